The molecule has 2 aliphatic rings. The number of carbonyl (C=O) groups is 1. The molecule has 7 heteroatoms. The highest BCUT2D eigenvalue weighted by molar-refractivity contribution is 6.30. The van der Waals surface area contributed by atoms with Crippen molar-refractivity contribution in [2.24, 2.45) is 0 Å². The number of carbonyl (C=O) groups excluding carboxylic acids is 1. The van der Waals surface area contributed by atoms with Crippen LogP contribution in [0.2, 0.25) is 5.15 Å². The summed E-state index contributed by atoms with van der Waals surface area (Å²) >= 11 is 6.26. The summed E-state index contributed by atoms with van der Waals surface area (Å²) in [7, 11) is 0. The molecule has 2 saturated heterocycles. The van der Waals surface area contributed by atoms with Gasteiger partial charge in [0.15, 0.2) is 5.15 Å². The van der Waals surface area contributed by atoms with Crippen molar-refractivity contribution in [2.45, 2.75) is 51.2 Å². The number of halogens is 1. The summed E-state index contributed by atoms with van der Waals surface area (Å²) < 4.78 is 5.80. The number of imidazole rings is 1. The Hall–Kier alpha value is -1.11. The summed E-state index contributed by atoms with van der Waals surface area (Å²) in [6.07, 6.45) is 5.09. The molecule has 2 fully saturated rings. The Balaban J connectivity index is 1.52. The Labute approximate surface area is 141 Å². The number of rotatable bonds is 5. The zero-order valence-electron chi connectivity index (χ0n) is 13.7. The van der Waals surface area contributed by atoms with Gasteiger partial charge in [-0.15, -0.1) is 0 Å². The van der Waals surface area contributed by atoms with Gasteiger partial charge in [0, 0.05) is 32.6 Å². The molecule has 2 N–H and O–H groups in total. The fourth-order valence-electron chi connectivity index (χ4n) is 3.25. The molecule has 0 aromatic carbocycles. The van der Waals surface area contributed by atoms with E-state index in [1.165, 1.54) is 0 Å². The summed E-state index contributed by atoms with van der Waals surface area (Å²) in [5.74, 6) is 0.973. The predicted octanol–water partition coefficient (Wildman–Crippen LogP) is 1.89. The largest absolute Gasteiger partial charge is 0.363 e. The second-order valence-electron chi connectivity index (χ2n) is 6.58. The van der Waals surface area contributed by atoms with Crippen molar-refractivity contribution in [3.8, 4) is 0 Å². The summed E-state index contributed by atoms with van der Waals surface area (Å²) in [4.78, 5) is 21.4. The van der Waals surface area contributed by atoms with Gasteiger partial charge < -0.3 is 15.0 Å². The zero-order valence-corrected chi connectivity index (χ0v) is 14.4. The van der Waals surface area contributed by atoms with E-state index in [9.17, 15) is 4.79 Å². The third-order valence-electron chi connectivity index (χ3n) is 4.81. The van der Waals surface area contributed by atoms with E-state index in [0.717, 1.165) is 63.3 Å². The number of aromatic nitrogens is 2. The molecule has 23 heavy (non-hydrogen) atoms. The highest BCUT2D eigenvalue weighted by Crippen LogP contribution is 2.29. The number of H-pyrrole nitrogens is 1. The number of amides is 1. The van der Waals surface area contributed by atoms with Crippen LogP contribution in [0.1, 0.15) is 44.1 Å². The standard InChI is InChI=1S/C16H25ClN4O2/c1-2-3-4-13-19-12(15(17)20-13)9-21-7-5-16(6-8-21)11-18-14(22)10-23-16/h2-11H2,1H3,(H,18,22)(H,19,20). The molecule has 0 unspecified atom stereocenters. The number of nitrogens with zero attached hydrogens (tertiary/aromatic N) is 2. The maximum atomic E-state index is 11.2. The minimum absolute atomic E-state index is 0.0121. The molecule has 6 nitrogen and oxygen atoms in total. The minimum Gasteiger partial charge on any atom is -0.363 e. The SMILES string of the molecule is CCCCc1nc(Cl)c(CN2CCC3(CC2)CNC(=O)CO3)[nH]1. The molecule has 1 aromatic heterocycles. The van der Waals surface area contributed by atoms with Gasteiger partial charge in [0.05, 0.1) is 11.3 Å². The Bertz CT molecular complexity index is 540. The van der Waals surface area contributed by atoms with E-state index >= 15 is 0 Å². The Morgan fingerprint density at radius 3 is 2.83 bits per heavy atom. The third kappa shape index (κ3) is 4.05. The molecule has 0 atom stereocenters. The fourth-order valence-corrected chi connectivity index (χ4v) is 3.46. The molecule has 0 saturated carbocycles. The number of morpholine rings is 1. The van der Waals surface area contributed by atoms with Gasteiger partial charge in [0.2, 0.25) is 5.91 Å². The summed E-state index contributed by atoms with van der Waals surface area (Å²) in [6, 6.07) is 0. The monoisotopic (exact) mass is 340 g/mol. The first-order chi connectivity index (χ1) is 11.1. The van der Waals surface area contributed by atoms with Crippen LogP contribution in [0.25, 0.3) is 0 Å². The number of aryl methyl sites for hydroxylation is 1. The maximum Gasteiger partial charge on any atom is 0.246 e. The van der Waals surface area contributed by atoms with Crippen molar-refractivity contribution in [1.29, 1.82) is 0 Å². The zero-order chi connectivity index (χ0) is 16.3. The minimum atomic E-state index is -0.172. The van der Waals surface area contributed by atoms with Gasteiger partial charge in [0.1, 0.15) is 12.4 Å². The van der Waals surface area contributed by atoms with E-state index in [4.69, 9.17) is 16.3 Å². The molecular formula is C16H25ClN4O2. The third-order valence-corrected chi connectivity index (χ3v) is 5.12. The average Bonchev–Trinajstić information content (AvgIpc) is 2.91. The van der Waals surface area contributed by atoms with Gasteiger partial charge in [-0.25, -0.2) is 4.98 Å². The van der Waals surface area contributed by atoms with E-state index in [-0.39, 0.29) is 18.1 Å². The normalized spacial score (nSPS) is 21.6. The number of unbranched alkanes of at least 4 members (excludes halogenated alkanes) is 1. The first-order valence-corrected chi connectivity index (χ1v) is 8.84. The van der Waals surface area contributed by atoms with Crippen LogP contribution in [0.4, 0.5) is 0 Å². The lowest BCUT2D eigenvalue weighted by atomic mass is 9.90. The summed E-state index contributed by atoms with van der Waals surface area (Å²) in [5, 5.41) is 3.51. The van der Waals surface area contributed by atoms with Gasteiger partial charge in [0.25, 0.3) is 0 Å². The topological polar surface area (TPSA) is 70.2 Å². The second kappa shape index (κ2) is 7.20. The Kier molecular flexibility index (Phi) is 5.24. The molecule has 1 amide bonds. The van der Waals surface area contributed by atoms with Crippen molar-refractivity contribution >= 4 is 17.5 Å². The number of piperidine rings is 1. The summed E-state index contributed by atoms with van der Waals surface area (Å²) in [6.45, 7) is 5.66. The molecule has 3 heterocycles. The molecule has 0 radical (unpaired) electrons. The number of likely N-dealkylation sites (tertiary alicyclic amines) is 1. The number of aromatic amines is 1. The molecule has 2 aliphatic heterocycles. The van der Waals surface area contributed by atoms with Gasteiger partial charge >= 0.3 is 0 Å². The van der Waals surface area contributed by atoms with Crippen LogP contribution in [-0.2, 0) is 22.5 Å². The maximum absolute atomic E-state index is 11.2. The Morgan fingerprint density at radius 2 is 2.17 bits per heavy atom. The van der Waals surface area contributed by atoms with E-state index in [1.807, 2.05) is 0 Å². The first-order valence-electron chi connectivity index (χ1n) is 8.46. The van der Waals surface area contributed by atoms with E-state index in [2.05, 4.69) is 27.1 Å². The first kappa shape index (κ1) is 16.7. The van der Waals surface area contributed by atoms with Crippen molar-refractivity contribution < 1.29 is 9.53 Å². The van der Waals surface area contributed by atoms with Crippen LogP contribution in [0.5, 0.6) is 0 Å². The fraction of sp³-hybridized carbons (Fsp3) is 0.750. The predicted molar refractivity (Wildman–Crippen MR) is 88.4 cm³/mol. The van der Waals surface area contributed by atoms with Crippen LogP contribution in [0, 0.1) is 0 Å². The lowest BCUT2D eigenvalue weighted by molar-refractivity contribution is -0.150. The number of hydrogen-bond donors (Lipinski definition) is 2. The van der Waals surface area contributed by atoms with Crippen LogP contribution >= 0.6 is 11.6 Å². The molecule has 0 aliphatic carbocycles. The highest BCUT2D eigenvalue weighted by atomic mass is 35.5. The lowest BCUT2D eigenvalue weighted by Gasteiger charge is -2.43. The van der Waals surface area contributed by atoms with Gasteiger partial charge in [-0.2, -0.15) is 0 Å². The quantitative estimate of drug-likeness (QED) is 0.858. The van der Waals surface area contributed by atoms with Crippen molar-refractivity contribution in [2.75, 3.05) is 26.2 Å². The molecule has 0 bridgehead atoms. The van der Waals surface area contributed by atoms with Gasteiger partial charge in [-0.05, 0) is 19.3 Å². The van der Waals surface area contributed by atoms with Crippen LogP contribution in [-0.4, -0.2) is 52.6 Å². The average molecular weight is 341 g/mol. The second-order valence-corrected chi connectivity index (χ2v) is 6.94. The van der Waals surface area contributed by atoms with Crippen LogP contribution < -0.4 is 5.32 Å². The van der Waals surface area contributed by atoms with Crippen molar-refractivity contribution in [3.05, 3.63) is 16.7 Å². The molecule has 1 aromatic rings. The lowest BCUT2D eigenvalue weighted by Crippen LogP contribution is -2.57. The van der Waals surface area contributed by atoms with Crippen LogP contribution in [0.15, 0.2) is 0 Å². The smallest absolute Gasteiger partial charge is 0.246 e. The number of nitrogens with one attached hydrogen (secondary N) is 2. The van der Waals surface area contributed by atoms with E-state index in [0.29, 0.717) is 11.7 Å². The molecule has 3 rings (SSSR count). The van der Waals surface area contributed by atoms with Gasteiger partial charge in [-0.1, -0.05) is 24.9 Å². The summed E-state index contributed by atoms with van der Waals surface area (Å²) in [5.41, 5.74) is 0.834. The van der Waals surface area contributed by atoms with Gasteiger partial charge in [-0.3, -0.25) is 9.69 Å². The van der Waals surface area contributed by atoms with E-state index < -0.39 is 0 Å². The van der Waals surface area contributed by atoms with E-state index in [1.54, 1.807) is 0 Å². The molecule has 128 valence electrons. The number of hydrogen-bond acceptors (Lipinski definition) is 4. The molecule has 1 spiro atoms. The Morgan fingerprint density at radius 1 is 1.39 bits per heavy atom. The highest BCUT2D eigenvalue weighted by Gasteiger charge is 2.39. The van der Waals surface area contributed by atoms with Crippen molar-refractivity contribution in [1.82, 2.24) is 20.2 Å². The molecular weight excluding hydrogens is 316 g/mol. The number of ether oxygens (including phenoxy) is 1. The van der Waals surface area contributed by atoms with Crippen LogP contribution in [0.3, 0.4) is 0 Å². The van der Waals surface area contributed by atoms with Crippen molar-refractivity contribution in [3.63, 3.8) is 0 Å².